The maximum Gasteiger partial charge on any atom is 0.490 e. The minimum absolute atomic E-state index is 0.451. The van der Waals surface area contributed by atoms with E-state index in [9.17, 15) is 10.0 Å². The van der Waals surface area contributed by atoms with Crippen molar-refractivity contribution < 1.29 is 10.0 Å². The molecule has 3 nitrogen and oxygen atoms in total. The van der Waals surface area contributed by atoms with Gasteiger partial charge in [-0.25, -0.2) is 0 Å². The van der Waals surface area contributed by atoms with Crippen LogP contribution in [0.3, 0.4) is 0 Å². The van der Waals surface area contributed by atoms with Gasteiger partial charge in [-0.2, -0.15) is 0 Å². The van der Waals surface area contributed by atoms with Crippen LogP contribution in [0.5, 0.6) is 0 Å². The van der Waals surface area contributed by atoms with Gasteiger partial charge < -0.3 is 14.9 Å². The Balaban J connectivity index is 1.80. The van der Waals surface area contributed by atoms with E-state index in [1.807, 2.05) is 72.8 Å². The molecule has 0 atom stereocenters. The van der Waals surface area contributed by atoms with Crippen molar-refractivity contribution in [2.24, 2.45) is 0 Å². The van der Waals surface area contributed by atoms with E-state index in [0.29, 0.717) is 5.46 Å². The Kier molecular flexibility index (Phi) is 5.47. The van der Waals surface area contributed by atoms with Gasteiger partial charge in [0.2, 0.25) is 0 Å². The third-order valence-electron chi connectivity index (χ3n) is 5.70. The number of hydrogen-bond acceptors (Lipinski definition) is 3. The lowest BCUT2D eigenvalue weighted by molar-refractivity contribution is 0.426. The Morgan fingerprint density at radius 3 is 1.81 bits per heavy atom. The summed E-state index contributed by atoms with van der Waals surface area (Å²) in [5, 5.41) is 22.4. The largest absolute Gasteiger partial charge is 0.490 e. The molecule has 5 rings (SSSR count). The molecule has 0 amide bonds. The minimum Gasteiger partial charge on any atom is -0.423 e. The van der Waals surface area contributed by atoms with Crippen molar-refractivity contribution in [1.82, 2.24) is 0 Å². The van der Waals surface area contributed by atoms with Gasteiger partial charge in [0, 0.05) is 22.2 Å². The number of para-hydroxylation sites is 2. The van der Waals surface area contributed by atoms with Crippen LogP contribution >= 0.6 is 0 Å². The van der Waals surface area contributed by atoms with E-state index in [-0.39, 0.29) is 0 Å². The molecule has 154 valence electrons. The molecule has 32 heavy (non-hydrogen) atoms. The fourth-order valence-electron chi connectivity index (χ4n) is 4.24. The maximum absolute atomic E-state index is 10.1. The number of nitrogens with zero attached hydrogens (tertiary/aromatic N) is 1. The van der Waals surface area contributed by atoms with E-state index < -0.39 is 7.12 Å². The molecule has 4 heteroatoms. The zero-order chi connectivity index (χ0) is 21.9. The van der Waals surface area contributed by atoms with E-state index in [4.69, 9.17) is 0 Å². The van der Waals surface area contributed by atoms with Gasteiger partial charge in [-0.05, 0) is 40.8 Å². The first-order chi connectivity index (χ1) is 15.7. The van der Waals surface area contributed by atoms with E-state index >= 15 is 0 Å². The van der Waals surface area contributed by atoms with Crippen molar-refractivity contribution in [3.63, 3.8) is 0 Å². The molecule has 0 radical (unpaired) electrons. The zero-order valence-electron chi connectivity index (χ0n) is 17.5. The zero-order valence-corrected chi connectivity index (χ0v) is 17.5. The molecule has 2 N–H and O–H groups in total. The van der Waals surface area contributed by atoms with Crippen LogP contribution in [-0.4, -0.2) is 17.2 Å². The highest BCUT2D eigenvalue weighted by atomic mass is 16.4. The lowest BCUT2D eigenvalue weighted by atomic mass is 9.78. The third kappa shape index (κ3) is 3.67. The van der Waals surface area contributed by atoms with Crippen molar-refractivity contribution in [2.45, 2.75) is 0 Å². The molecule has 0 aromatic heterocycles. The molecule has 0 spiro atoms. The summed E-state index contributed by atoms with van der Waals surface area (Å²) in [6.07, 6.45) is 0. The number of hydrogen-bond donors (Lipinski definition) is 2. The average molecular weight is 415 g/mol. The lowest BCUT2D eigenvalue weighted by Gasteiger charge is -2.29. The molecular formula is C28H22BNO2. The summed E-state index contributed by atoms with van der Waals surface area (Å²) in [6, 6.07) is 40.4. The monoisotopic (exact) mass is 415 g/mol. The summed E-state index contributed by atoms with van der Waals surface area (Å²) in [6.45, 7) is 0. The summed E-state index contributed by atoms with van der Waals surface area (Å²) in [7, 11) is -1.58. The Morgan fingerprint density at radius 1 is 0.500 bits per heavy atom. The molecule has 0 heterocycles. The van der Waals surface area contributed by atoms with Crippen LogP contribution in [0.1, 0.15) is 0 Å². The van der Waals surface area contributed by atoms with Crippen LogP contribution in [-0.2, 0) is 0 Å². The summed E-state index contributed by atoms with van der Waals surface area (Å²) in [5.74, 6) is 0. The molecule has 0 aliphatic carbocycles. The first-order valence-corrected chi connectivity index (χ1v) is 10.6. The topological polar surface area (TPSA) is 43.7 Å². The average Bonchev–Trinajstić information content (AvgIpc) is 2.86. The van der Waals surface area contributed by atoms with Gasteiger partial charge in [-0.3, -0.25) is 0 Å². The third-order valence-corrected chi connectivity index (χ3v) is 5.70. The highest BCUT2D eigenvalue weighted by Gasteiger charge is 2.23. The number of anilines is 3. The fraction of sp³-hybridized carbons (Fsp3) is 0. The summed E-state index contributed by atoms with van der Waals surface area (Å²) in [5.41, 5.74) is 5.41. The molecule has 0 saturated carbocycles. The van der Waals surface area contributed by atoms with Crippen molar-refractivity contribution in [1.29, 1.82) is 0 Å². The molecule has 0 saturated heterocycles. The summed E-state index contributed by atoms with van der Waals surface area (Å²) < 4.78 is 0. The number of rotatable bonds is 5. The highest BCUT2D eigenvalue weighted by molar-refractivity contribution is 6.60. The predicted octanol–water partition coefficient (Wildman–Crippen LogP) is 5.66. The molecule has 0 aliphatic heterocycles. The molecule has 0 bridgehead atoms. The molecule has 0 unspecified atom stereocenters. The standard InChI is InChI=1S/C28H22BNO2/c31-29(32)26-17-9-10-18-28(26)30(22-13-5-2-6-14-22)27-20-19-23(21-11-3-1-4-12-21)24-15-7-8-16-25(24)27/h1-20,31-32H. The normalized spacial score (nSPS) is 10.8. The van der Waals surface area contributed by atoms with Gasteiger partial charge >= 0.3 is 7.12 Å². The Hall–Kier alpha value is -3.86. The predicted molar refractivity (Wildman–Crippen MR) is 134 cm³/mol. The fourth-order valence-corrected chi connectivity index (χ4v) is 4.24. The smallest absolute Gasteiger partial charge is 0.423 e. The van der Waals surface area contributed by atoms with Crippen molar-refractivity contribution in [2.75, 3.05) is 4.90 Å². The summed E-state index contributed by atoms with van der Waals surface area (Å²) >= 11 is 0. The summed E-state index contributed by atoms with van der Waals surface area (Å²) in [4.78, 5) is 2.09. The van der Waals surface area contributed by atoms with Crippen LogP contribution < -0.4 is 10.4 Å². The van der Waals surface area contributed by atoms with Crippen LogP contribution in [0.25, 0.3) is 21.9 Å². The first kappa shape index (κ1) is 20.1. The van der Waals surface area contributed by atoms with E-state index in [1.165, 1.54) is 0 Å². The lowest BCUT2D eigenvalue weighted by Crippen LogP contribution is -2.34. The van der Waals surface area contributed by atoms with Gasteiger partial charge in [0.25, 0.3) is 0 Å². The maximum atomic E-state index is 10.1. The van der Waals surface area contributed by atoms with E-state index in [1.54, 1.807) is 6.07 Å². The SMILES string of the molecule is OB(O)c1ccccc1N(c1ccccc1)c1ccc(-c2ccccc2)c2ccccc12. The van der Waals surface area contributed by atoms with Crippen LogP contribution in [0.15, 0.2) is 121 Å². The number of benzene rings is 5. The van der Waals surface area contributed by atoms with E-state index in [0.717, 1.165) is 39.0 Å². The van der Waals surface area contributed by atoms with Crippen molar-refractivity contribution in [3.05, 3.63) is 121 Å². The van der Waals surface area contributed by atoms with Gasteiger partial charge in [0.15, 0.2) is 0 Å². The van der Waals surface area contributed by atoms with Crippen LogP contribution in [0.4, 0.5) is 17.1 Å². The Bertz CT molecular complexity index is 1350. The van der Waals surface area contributed by atoms with Crippen molar-refractivity contribution >= 4 is 40.4 Å². The quantitative estimate of drug-likeness (QED) is 0.364. The van der Waals surface area contributed by atoms with Crippen molar-refractivity contribution in [3.8, 4) is 11.1 Å². The minimum atomic E-state index is -1.58. The molecule has 0 aliphatic rings. The second kappa shape index (κ2) is 8.71. The Labute approximate surface area is 188 Å². The van der Waals surface area contributed by atoms with E-state index in [2.05, 4.69) is 47.4 Å². The van der Waals surface area contributed by atoms with Crippen LogP contribution in [0.2, 0.25) is 0 Å². The molecule has 5 aromatic rings. The van der Waals surface area contributed by atoms with Gasteiger partial charge in [-0.15, -0.1) is 0 Å². The second-order valence-corrected chi connectivity index (χ2v) is 7.65. The molecular weight excluding hydrogens is 393 g/mol. The Morgan fingerprint density at radius 2 is 1.09 bits per heavy atom. The number of fused-ring (bicyclic) bond motifs is 1. The van der Waals surface area contributed by atoms with Gasteiger partial charge in [0.1, 0.15) is 0 Å². The van der Waals surface area contributed by atoms with Gasteiger partial charge in [-0.1, -0.05) is 97.1 Å². The van der Waals surface area contributed by atoms with Gasteiger partial charge in [0.05, 0.1) is 5.69 Å². The second-order valence-electron chi connectivity index (χ2n) is 7.65. The highest BCUT2D eigenvalue weighted by Crippen LogP contribution is 2.41. The molecule has 0 fully saturated rings. The molecule has 5 aromatic carbocycles. The van der Waals surface area contributed by atoms with Crippen LogP contribution in [0, 0.1) is 0 Å². The first-order valence-electron chi connectivity index (χ1n) is 10.6.